The SMILES string of the molecule is C#CC(=O)c1ccc(F)c(Cl)c1. The van der Waals surface area contributed by atoms with Gasteiger partial charge in [0.1, 0.15) is 5.82 Å². The molecular weight excluding hydrogens is 179 g/mol. The molecule has 0 saturated heterocycles. The zero-order valence-corrected chi connectivity index (χ0v) is 6.73. The summed E-state index contributed by atoms with van der Waals surface area (Å²) >= 11 is 5.42. The molecule has 0 aliphatic rings. The maximum atomic E-state index is 12.6. The maximum absolute atomic E-state index is 12.6. The van der Waals surface area contributed by atoms with E-state index in [2.05, 4.69) is 0 Å². The molecule has 1 aromatic rings. The van der Waals surface area contributed by atoms with Gasteiger partial charge in [0.25, 0.3) is 0 Å². The first-order valence-electron chi connectivity index (χ1n) is 3.11. The zero-order valence-electron chi connectivity index (χ0n) is 5.97. The molecule has 1 nitrogen and oxygen atoms in total. The van der Waals surface area contributed by atoms with Gasteiger partial charge in [-0.3, -0.25) is 4.79 Å². The van der Waals surface area contributed by atoms with Gasteiger partial charge in [0, 0.05) is 5.56 Å². The third-order valence-corrected chi connectivity index (χ3v) is 1.60. The molecule has 3 heteroatoms. The third-order valence-electron chi connectivity index (χ3n) is 1.31. The molecule has 0 heterocycles. The lowest BCUT2D eigenvalue weighted by atomic mass is 10.1. The Bertz CT molecular complexity index is 365. The lowest BCUT2D eigenvalue weighted by Crippen LogP contribution is -1.94. The maximum Gasteiger partial charge on any atom is 0.235 e. The van der Waals surface area contributed by atoms with Crippen molar-refractivity contribution in [3.05, 3.63) is 34.6 Å². The average molecular weight is 183 g/mol. The summed E-state index contributed by atoms with van der Waals surface area (Å²) in [6.07, 6.45) is 4.86. The van der Waals surface area contributed by atoms with Gasteiger partial charge in [-0.15, -0.1) is 6.42 Å². The van der Waals surface area contributed by atoms with Gasteiger partial charge in [-0.05, 0) is 24.1 Å². The van der Waals surface area contributed by atoms with Crippen molar-refractivity contribution in [1.29, 1.82) is 0 Å². The molecular formula is C9H4ClFO. The van der Waals surface area contributed by atoms with Gasteiger partial charge in [-0.2, -0.15) is 0 Å². The molecule has 0 spiro atoms. The van der Waals surface area contributed by atoms with Crippen LogP contribution in [0.5, 0.6) is 0 Å². The molecule has 60 valence electrons. The lowest BCUT2D eigenvalue weighted by molar-refractivity contribution is 0.105. The quantitative estimate of drug-likeness (QED) is 0.370. The Hall–Kier alpha value is -1.33. The van der Waals surface area contributed by atoms with Crippen molar-refractivity contribution in [2.24, 2.45) is 0 Å². The smallest absolute Gasteiger partial charge is 0.235 e. The normalized spacial score (nSPS) is 9.08. The van der Waals surface area contributed by atoms with Crippen LogP contribution in [0.3, 0.4) is 0 Å². The lowest BCUT2D eigenvalue weighted by Gasteiger charge is -1.95. The minimum atomic E-state index is -0.565. The van der Waals surface area contributed by atoms with Crippen molar-refractivity contribution in [2.75, 3.05) is 0 Å². The predicted molar refractivity (Wildman–Crippen MR) is 44.6 cm³/mol. The highest BCUT2D eigenvalue weighted by molar-refractivity contribution is 6.31. The van der Waals surface area contributed by atoms with Crippen molar-refractivity contribution >= 4 is 17.4 Å². The molecule has 1 aromatic carbocycles. The van der Waals surface area contributed by atoms with Gasteiger partial charge in [-0.25, -0.2) is 4.39 Å². The molecule has 0 aliphatic carbocycles. The van der Waals surface area contributed by atoms with Crippen LogP contribution in [0.25, 0.3) is 0 Å². The summed E-state index contributed by atoms with van der Waals surface area (Å²) < 4.78 is 12.6. The number of ketones is 1. The van der Waals surface area contributed by atoms with Crippen LogP contribution in [-0.2, 0) is 0 Å². The fourth-order valence-corrected chi connectivity index (χ4v) is 0.901. The summed E-state index contributed by atoms with van der Waals surface area (Å²) in [4.78, 5) is 10.9. The Labute approximate surface area is 74.2 Å². The molecule has 0 radical (unpaired) electrons. The number of benzene rings is 1. The molecule has 0 unspecified atom stereocenters. The number of carbonyl (C=O) groups excluding carboxylic acids is 1. The van der Waals surface area contributed by atoms with E-state index >= 15 is 0 Å². The van der Waals surface area contributed by atoms with E-state index in [1.54, 1.807) is 0 Å². The van der Waals surface area contributed by atoms with Gasteiger partial charge in [0.2, 0.25) is 5.78 Å². The van der Waals surface area contributed by atoms with E-state index in [0.29, 0.717) is 0 Å². The highest BCUT2D eigenvalue weighted by Gasteiger charge is 2.05. The van der Waals surface area contributed by atoms with Gasteiger partial charge < -0.3 is 0 Å². The van der Waals surface area contributed by atoms with Crippen LogP contribution in [0, 0.1) is 18.2 Å². The van der Waals surface area contributed by atoms with Crippen molar-refractivity contribution in [1.82, 2.24) is 0 Å². The number of hydrogen-bond donors (Lipinski definition) is 0. The zero-order chi connectivity index (χ0) is 9.14. The topological polar surface area (TPSA) is 17.1 Å². The number of rotatable bonds is 1. The van der Waals surface area contributed by atoms with Crippen LogP contribution in [0.4, 0.5) is 4.39 Å². The van der Waals surface area contributed by atoms with Crippen molar-refractivity contribution in [3.63, 3.8) is 0 Å². The minimum absolute atomic E-state index is 0.101. The van der Waals surface area contributed by atoms with E-state index < -0.39 is 11.6 Å². The van der Waals surface area contributed by atoms with E-state index in [1.807, 2.05) is 5.92 Å². The minimum Gasteiger partial charge on any atom is -0.279 e. The first-order chi connectivity index (χ1) is 5.65. The first kappa shape index (κ1) is 8.76. The Balaban J connectivity index is 3.15. The van der Waals surface area contributed by atoms with Crippen LogP contribution in [0.2, 0.25) is 5.02 Å². The number of hydrogen-bond acceptors (Lipinski definition) is 1. The predicted octanol–water partition coefficient (Wildman–Crippen LogP) is 2.29. The van der Waals surface area contributed by atoms with Crippen LogP contribution < -0.4 is 0 Å². The van der Waals surface area contributed by atoms with Crippen LogP contribution >= 0.6 is 11.6 Å². The second-order valence-corrected chi connectivity index (χ2v) is 2.51. The van der Waals surface area contributed by atoms with Gasteiger partial charge in [-0.1, -0.05) is 11.6 Å². The second kappa shape index (κ2) is 3.38. The van der Waals surface area contributed by atoms with E-state index in [4.69, 9.17) is 18.0 Å². The van der Waals surface area contributed by atoms with E-state index in [-0.39, 0.29) is 10.6 Å². The summed E-state index contributed by atoms with van der Waals surface area (Å²) in [5, 5.41) is -0.101. The fourth-order valence-electron chi connectivity index (χ4n) is 0.721. The van der Waals surface area contributed by atoms with Gasteiger partial charge in [0.05, 0.1) is 5.02 Å². The van der Waals surface area contributed by atoms with Crippen molar-refractivity contribution < 1.29 is 9.18 Å². The number of terminal acetylenes is 1. The second-order valence-electron chi connectivity index (χ2n) is 2.10. The van der Waals surface area contributed by atoms with Crippen LogP contribution in [-0.4, -0.2) is 5.78 Å². The molecule has 0 N–H and O–H groups in total. The molecule has 0 bridgehead atoms. The molecule has 0 atom stereocenters. The largest absolute Gasteiger partial charge is 0.279 e. The van der Waals surface area contributed by atoms with Crippen LogP contribution in [0.15, 0.2) is 18.2 Å². The average Bonchev–Trinajstić information content (AvgIpc) is 2.08. The molecule has 1 rings (SSSR count). The standard InChI is InChI=1S/C9H4ClFO/c1-2-9(12)6-3-4-8(11)7(10)5-6/h1,3-5H. The van der Waals surface area contributed by atoms with Crippen molar-refractivity contribution in [3.8, 4) is 12.3 Å². The molecule has 0 saturated carbocycles. The summed E-state index contributed by atoms with van der Waals surface area (Å²) in [7, 11) is 0. The summed E-state index contributed by atoms with van der Waals surface area (Å²) in [5.41, 5.74) is 0.226. The highest BCUT2D eigenvalue weighted by atomic mass is 35.5. The summed E-state index contributed by atoms with van der Waals surface area (Å²) in [5.74, 6) is 0.840. The fraction of sp³-hybridized carbons (Fsp3) is 0. The van der Waals surface area contributed by atoms with Gasteiger partial charge >= 0.3 is 0 Å². The van der Waals surface area contributed by atoms with E-state index in [0.717, 1.165) is 6.07 Å². The van der Waals surface area contributed by atoms with E-state index in [9.17, 15) is 9.18 Å². The monoisotopic (exact) mass is 182 g/mol. The highest BCUT2D eigenvalue weighted by Crippen LogP contribution is 2.15. The Kier molecular flexibility index (Phi) is 2.47. The molecule has 0 fully saturated rings. The molecule has 0 aromatic heterocycles. The van der Waals surface area contributed by atoms with Gasteiger partial charge in [0.15, 0.2) is 0 Å². The van der Waals surface area contributed by atoms with E-state index in [1.165, 1.54) is 12.1 Å². The number of carbonyl (C=O) groups is 1. The number of halogens is 2. The molecule has 0 aliphatic heterocycles. The number of Topliss-reactive ketones (excluding diaryl/α,β-unsaturated/α-hetero) is 1. The Morgan fingerprint density at radius 1 is 1.58 bits per heavy atom. The Morgan fingerprint density at radius 3 is 2.75 bits per heavy atom. The first-order valence-corrected chi connectivity index (χ1v) is 3.49. The molecule has 0 amide bonds. The van der Waals surface area contributed by atoms with Crippen molar-refractivity contribution in [2.45, 2.75) is 0 Å². The third kappa shape index (κ3) is 1.63. The summed E-state index contributed by atoms with van der Waals surface area (Å²) in [6.45, 7) is 0. The Morgan fingerprint density at radius 2 is 2.25 bits per heavy atom. The van der Waals surface area contributed by atoms with Crippen LogP contribution in [0.1, 0.15) is 10.4 Å². The molecule has 12 heavy (non-hydrogen) atoms. The summed E-state index contributed by atoms with van der Waals surface area (Å²) in [6, 6.07) is 3.61.